The van der Waals surface area contributed by atoms with Gasteiger partial charge in [-0.1, -0.05) is 0 Å². The molecular formula is C18H18N4. The van der Waals surface area contributed by atoms with Crippen LogP contribution in [-0.4, -0.2) is 14.5 Å². The first-order chi connectivity index (χ1) is 10.7. The molecule has 4 heteroatoms. The van der Waals surface area contributed by atoms with Gasteiger partial charge in [0.1, 0.15) is 5.82 Å². The monoisotopic (exact) mass is 290 g/mol. The summed E-state index contributed by atoms with van der Waals surface area (Å²) >= 11 is 0. The third-order valence-corrected chi connectivity index (χ3v) is 3.95. The van der Waals surface area contributed by atoms with Gasteiger partial charge in [0, 0.05) is 30.9 Å². The summed E-state index contributed by atoms with van der Waals surface area (Å²) < 4.78 is 2.20. The Hall–Kier alpha value is -2.67. The standard InChI is InChI=1S/C18H18N4/c1-13-10-16-17(11-14(13)2)22(9-4-3-7-19)18(21-16)15-6-5-8-20-12-15/h5-6,8,10-12H,3-4,9H2,1-2H3. The van der Waals surface area contributed by atoms with E-state index in [1.165, 1.54) is 11.1 Å². The summed E-state index contributed by atoms with van der Waals surface area (Å²) in [5.74, 6) is 0.922. The molecule has 22 heavy (non-hydrogen) atoms. The molecular weight excluding hydrogens is 272 g/mol. The maximum absolute atomic E-state index is 8.79. The lowest BCUT2D eigenvalue weighted by molar-refractivity contribution is 0.675. The van der Waals surface area contributed by atoms with Crippen molar-refractivity contribution in [3.05, 3.63) is 47.8 Å². The van der Waals surface area contributed by atoms with Gasteiger partial charge in [0.2, 0.25) is 0 Å². The molecule has 0 amide bonds. The van der Waals surface area contributed by atoms with E-state index in [1.54, 1.807) is 6.20 Å². The number of hydrogen-bond acceptors (Lipinski definition) is 3. The Morgan fingerprint density at radius 3 is 2.77 bits per heavy atom. The van der Waals surface area contributed by atoms with Gasteiger partial charge in [-0.05, 0) is 55.7 Å². The molecule has 2 heterocycles. The number of fused-ring (bicyclic) bond motifs is 1. The fourth-order valence-corrected chi connectivity index (χ4v) is 2.64. The first-order valence-corrected chi connectivity index (χ1v) is 7.45. The average Bonchev–Trinajstić information content (AvgIpc) is 2.87. The van der Waals surface area contributed by atoms with Crippen LogP contribution in [0.2, 0.25) is 0 Å². The molecule has 0 aliphatic rings. The van der Waals surface area contributed by atoms with Gasteiger partial charge in [-0.25, -0.2) is 4.98 Å². The minimum atomic E-state index is 0.553. The molecule has 0 radical (unpaired) electrons. The summed E-state index contributed by atoms with van der Waals surface area (Å²) in [7, 11) is 0. The van der Waals surface area contributed by atoms with Gasteiger partial charge >= 0.3 is 0 Å². The van der Waals surface area contributed by atoms with E-state index in [4.69, 9.17) is 10.2 Å². The number of pyridine rings is 1. The third kappa shape index (κ3) is 2.58. The van der Waals surface area contributed by atoms with Gasteiger partial charge < -0.3 is 4.57 Å². The van der Waals surface area contributed by atoms with Crippen LogP contribution in [-0.2, 0) is 6.54 Å². The second kappa shape index (κ2) is 5.98. The maximum Gasteiger partial charge on any atom is 0.142 e. The fraction of sp³-hybridized carbons (Fsp3) is 0.278. The number of benzene rings is 1. The maximum atomic E-state index is 8.79. The number of aromatic nitrogens is 3. The summed E-state index contributed by atoms with van der Waals surface area (Å²) in [5.41, 5.74) is 5.63. The Morgan fingerprint density at radius 1 is 1.23 bits per heavy atom. The highest BCUT2D eigenvalue weighted by atomic mass is 15.1. The van der Waals surface area contributed by atoms with Crippen LogP contribution in [0.5, 0.6) is 0 Å². The summed E-state index contributed by atoms with van der Waals surface area (Å²) in [6.45, 7) is 5.01. The molecule has 0 saturated carbocycles. The summed E-state index contributed by atoms with van der Waals surface area (Å²) in [4.78, 5) is 9.00. The van der Waals surface area contributed by atoms with Crippen molar-refractivity contribution in [3.63, 3.8) is 0 Å². The van der Waals surface area contributed by atoms with Gasteiger partial charge in [-0.2, -0.15) is 5.26 Å². The van der Waals surface area contributed by atoms with Crippen LogP contribution in [0, 0.1) is 25.2 Å². The molecule has 0 spiro atoms. The minimum absolute atomic E-state index is 0.553. The number of rotatable bonds is 4. The van der Waals surface area contributed by atoms with Crippen molar-refractivity contribution in [2.75, 3.05) is 0 Å². The van der Waals surface area contributed by atoms with E-state index in [1.807, 2.05) is 18.3 Å². The Bertz CT molecular complexity index is 841. The number of nitrogens with zero attached hydrogens (tertiary/aromatic N) is 4. The summed E-state index contributed by atoms with van der Waals surface area (Å²) in [5, 5.41) is 8.79. The Kier molecular flexibility index (Phi) is 3.88. The van der Waals surface area contributed by atoms with Crippen molar-refractivity contribution in [2.24, 2.45) is 0 Å². The van der Waals surface area contributed by atoms with Gasteiger partial charge in [0.05, 0.1) is 17.1 Å². The van der Waals surface area contributed by atoms with Gasteiger partial charge in [0.25, 0.3) is 0 Å². The number of imidazole rings is 1. The molecule has 0 N–H and O–H groups in total. The lowest BCUT2D eigenvalue weighted by Gasteiger charge is -2.08. The zero-order valence-electron chi connectivity index (χ0n) is 12.9. The highest BCUT2D eigenvalue weighted by Gasteiger charge is 2.13. The van der Waals surface area contributed by atoms with Gasteiger partial charge in [-0.3, -0.25) is 4.98 Å². The van der Waals surface area contributed by atoms with Crippen molar-refractivity contribution in [3.8, 4) is 17.5 Å². The lowest BCUT2D eigenvalue weighted by atomic mass is 10.1. The molecule has 2 aromatic heterocycles. The van der Waals surface area contributed by atoms with E-state index >= 15 is 0 Å². The largest absolute Gasteiger partial charge is 0.324 e. The van der Waals surface area contributed by atoms with Crippen LogP contribution in [0.1, 0.15) is 24.0 Å². The molecule has 3 aromatic rings. The number of unbranched alkanes of at least 4 members (excludes halogenated alkanes) is 1. The second-order valence-electron chi connectivity index (χ2n) is 5.52. The normalized spacial score (nSPS) is 10.8. The second-order valence-corrected chi connectivity index (χ2v) is 5.52. The molecule has 1 aromatic carbocycles. The topological polar surface area (TPSA) is 54.5 Å². The predicted octanol–water partition coefficient (Wildman–Crippen LogP) is 4.02. The first-order valence-electron chi connectivity index (χ1n) is 7.45. The zero-order chi connectivity index (χ0) is 15.5. The number of nitriles is 1. The third-order valence-electron chi connectivity index (χ3n) is 3.95. The Morgan fingerprint density at radius 2 is 2.05 bits per heavy atom. The minimum Gasteiger partial charge on any atom is -0.324 e. The van der Waals surface area contributed by atoms with E-state index in [9.17, 15) is 0 Å². The Balaban J connectivity index is 2.17. The molecule has 3 rings (SSSR count). The van der Waals surface area contributed by atoms with Crippen LogP contribution < -0.4 is 0 Å². The molecule has 0 aliphatic carbocycles. The van der Waals surface area contributed by atoms with E-state index in [2.05, 4.69) is 41.6 Å². The van der Waals surface area contributed by atoms with Crippen molar-refractivity contribution in [1.82, 2.24) is 14.5 Å². The van der Waals surface area contributed by atoms with Crippen LogP contribution in [0.15, 0.2) is 36.7 Å². The fourth-order valence-electron chi connectivity index (χ4n) is 2.64. The smallest absolute Gasteiger partial charge is 0.142 e. The molecule has 0 aliphatic heterocycles. The van der Waals surface area contributed by atoms with Crippen LogP contribution >= 0.6 is 0 Å². The molecule has 0 fully saturated rings. The van der Waals surface area contributed by atoms with E-state index in [0.29, 0.717) is 6.42 Å². The number of hydrogen-bond donors (Lipinski definition) is 0. The van der Waals surface area contributed by atoms with Crippen molar-refractivity contribution in [1.29, 1.82) is 5.26 Å². The molecule has 4 nitrogen and oxygen atoms in total. The van der Waals surface area contributed by atoms with Crippen molar-refractivity contribution < 1.29 is 0 Å². The Labute approximate surface area is 130 Å². The summed E-state index contributed by atoms with van der Waals surface area (Å²) in [6.07, 6.45) is 4.97. The predicted molar refractivity (Wildman–Crippen MR) is 87.3 cm³/mol. The number of aryl methyl sites for hydroxylation is 3. The SMILES string of the molecule is Cc1cc2nc(-c3cccnc3)n(CCCC#N)c2cc1C. The molecule has 0 bridgehead atoms. The average molecular weight is 290 g/mol. The van der Waals surface area contributed by atoms with E-state index in [0.717, 1.165) is 35.4 Å². The quantitative estimate of drug-likeness (QED) is 0.682. The molecule has 0 saturated heterocycles. The first kappa shape index (κ1) is 14.3. The van der Waals surface area contributed by atoms with Crippen LogP contribution in [0.4, 0.5) is 0 Å². The lowest BCUT2D eigenvalue weighted by Crippen LogP contribution is -2.01. The van der Waals surface area contributed by atoms with Crippen molar-refractivity contribution in [2.45, 2.75) is 33.2 Å². The van der Waals surface area contributed by atoms with Crippen LogP contribution in [0.25, 0.3) is 22.4 Å². The van der Waals surface area contributed by atoms with E-state index < -0.39 is 0 Å². The highest BCUT2D eigenvalue weighted by molar-refractivity contribution is 5.82. The van der Waals surface area contributed by atoms with Gasteiger partial charge in [-0.15, -0.1) is 0 Å². The van der Waals surface area contributed by atoms with E-state index in [-0.39, 0.29) is 0 Å². The molecule has 0 unspecified atom stereocenters. The van der Waals surface area contributed by atoms with Crippen LogP contribution in [0.3, 0.4) is 0 Å². The van der Waals surface area contributed by atoms with Crippen molar-refractivity contribution >= 4 is 11.0 Å². The molecule has 0 atom stereocenters. The zero-order valence-corrected chi connectivity index (χ0v) is 12.9. The molecule has 110 valence electrons. The van der Waals surface area contributed by atoms with Gasteiger partial charge in [0.15, 0.2) is 0 Å². The highest BCUT2D eigenvalue weighted by Crippen LogP contribution is 2.27. The summed E-state index contributed by atoms with van der Waals surface area (Å²) in [6, 6.07) is 10.5.